The van der Waals surface area contributed by atoms with E-state index in [1.54, 1.807) is 18.2 Å². The van der Waals surface area contributed by atoms with Gasteiger partial charge in [0.25, 0.3) is 10.1 Å². The molecule has 0 aliphatic heterocycles. The highest BCUT2D eigenvalue weighted by atomic mass is 35.5. The quantitative estimate of drug-likeness (QED) is 0.598. The number of carbonyl (C=O) groups excluding carboxylic acids is 1. The monoisotopic (exact) mass is 246 g/mol. The summed E-state index contributed by atoms with van der Waals surface area (Å²) in [5, 5.41) is 0. The molecule has 0 saturated heterocycles. The van der Waals surface area contributed by atoms with Crippen LogP contribution in [0.25, 0.3) is 0 Å². The number of benzene rings is 1. The minimum absolute atomic E-state index is 0.192. The van der Waals surface area contributed by atoms with Gasteiger partial charge in [-0.2, -0.15) is 8.42 Å². The molecule has 1 unspecified atom stereocenters. The zero-order valence-corrected chi connectivity index (χ0v) is 9.05. The van der Waals surface area contributed by atoms with Gasteiger partial charge in [0.05, 0.1) is 0 Å². The molecule has 0 saturated carbocycles. The molecule has 15 heavy (non-hydrogen) atoms. The molecule has 1 aromatic rings. The molecule has 0 bridgehead atoms. The fourth-order valence-electron chi connectivity index (χ4n) is 1.63. The summed E-state index contributed by atoms with van der Waals surface area (Å²) in [5.41, 5.74) is 0.792. The first kappa shape index (κ1) is 10.6. The second kappa shape index (κ2) is 3.04. The number of Topliss-reactive ketones (excluding diaryl/α,β-unsaturated/α-hetero) is 1. The van der Waals surface area contributed by atoms with Crippen molar-refractivity contribution in [1.29, 1.82) is 0 Å². The normalized spacial score (nSPS) is 25.3. The Hall–Kier alpha value is -0.910. The Kier molecular flexibility index (Phi) is 2.15. The largest absolute Gasteiger partial charge is 0.292 e. The highest BCUT2D eigenvalue weighted by Crippen LogP contribution is 2.38. The van der Waals surface area contributed by atoms with E-state index in [2.05, 4.69) is 0 Å². The third-order valence-electron chi connectivity index (χ3n) is 2.43. The van der Waals surface area contributed by atoms with Crippen molar-refractivity contribution in [3.8, 4) is 0 Å². The van der Waals surface area contributed by atoms with Crippen LogP contribution in [0.4, 0.5) is 0 Å². The van der Waals surface area contributed by atoms with Crippen LogP contribution in [0, 0.1) is 0 Å². The maximum Gasteiger partial charge on any atom is 0.292 e. The zero-order valence-electron chi connectivity index (χ0n) is 7.47. The zero-order chi connectivity index (χ0) is 11.3. The number of alkyl halides is 1. The summed E-state index contributed by atoms with van der Waals surface area (Å²) >= 11 is 5.68. The first-order valence-electron chi connectivity index (χ1n) is 4.15. The molecular weight excluding hydrogens is 240 g/mol. The van der Waals surface area contributed by atoms with Crippen molar-refractivity contribution in [2.75, 3.05) is 0 Å². The number of hydrogen-bond donors (Lipinski definition) is 1. The molecule has 1 aromatic carbocycles. The summed E-state index contributed by atoms with van der Waals surface area (Å²) in [7, 11) is -4.60. The van der Waals surface area contributed by atoms with E-state index in [1.807, 2.05) is 0 Å². The molecular formula is C9H7ClO4S. The summed E-state index contributed by atoms with van der Waals surface area (Å²) in [6, 6.07) is 6.40. The van der Waals surface area contributed by atoms with E-state index in [9.17, 15) is 13.2 Å². The predicted molar refractivity (Wildman–Crippen MR) is 54.6 cm³/mol. The highest BCUT2D eigenvalue weighted by molar-refractivity contribution is 7.89. The second-order valence-corrected chi connectivity index (χ2v) is 5.88. The average molecular weight is 247 g/mol. The first-order chi connectivity index (χ1) is 6.86. The van der Waals surface area contributed by atoms with E-state index in [0.29, 0.717) is 5.56 Å². The van der Waals surface area contributed by atoms with Gasteiger partial charge in [0.2, 0.25) is 9.99 Å². The number of ketones is 1. The molecule has 0 aromatic heterocycles. The van der Waals surface area contributed by atoms with Crippen molar-refractivity contribution in [1.82, 2.24) is 0 Å². The first-order valence-corrected chi connectivity index (χ1v) is 5.97. The molecule has 1 atom stereocenters. The van der Waals surface area contributed by atoms with Crippen molar-refractivity contribution in [3.05, 3.63) is 35.4 Å². The minimum Gasteiger partial charge on any atom is -0.291 e. The number of hydrogen-bond acceptors (Lipinski definition) is 3. The molecule has 1 aliphatic carbocycles. The molecule has 80 valence electrons. The molecule has 0 fully saturated rings. The van der Waals surface area contributed by atoms with Crippen LogP contribution < -0.4 is 0 Å². The lowest BCUT2D eigenvalue weighted by Gasteiger charge is -2.14. The van der Waals surface area contributed by atoms with Crippen molar-refractivity contribution in [2.45, 2.75) is 10.6 Å². The summed E-state index contributed by atoms with van der Waals surface area (Å²) in [6.45, 7) is 0. The van der Waals surface area contributed by atoms with E-state index in [-0.39, 0.29) is 12.0 Å². The fraction of sp³-hybridized carbons (Fsp3) is 0.222. The van der Waals surface area contributed by atoms with Gasteiger partial charge in [0.1, 0.15) is 0 Å². The minimum atomic E-state index is -4.60. The molecule has 0 radical (unpaired) electrons. The standard InChI is InChI=1S/C9H7ClO4S/c10-9(15(12,13)14)5-6-3-1-2-4-7(6)8(9)11/h1-4H,5H2,(H,12,13,14). The molecule has 1 N–H and O–H groups in total. The topological polar surface area (TPSA) is 71.4 Å². The van der Waals surface area contributed by atoms with Crippen LogP contribution >= 0.6 is 11.6 Å². The van der Waals surface area contributed by atoms with Gasteiger partial charge in [-0.3, -0.25) is 9.35 Å². The molecule has 0 spiro atoms. The van der Waals surface area contributed by atoms with Crippen LogP contribution in [0.15, 0.2) is 24.3 Å². The fourth-order valence-corrected chi connectivity index (χ4v) is 2.56. The van der Waals surface area contributed by atoms with Gasteiger partial charge in [-0.05, 0) is 5.56 Å². The van der Waals surface area contributed by atoms with Crippen molar-refractivity contribution in [2.24, 2.45) is 0 Å². The maximum atomic E-state index is 11.7. The lowest BCUT2D eigenvalue weighted by molar-refractivity contribution is 0.0981. The van der Waals surface area contributed by atoms with E-state index < -0.39 is 20.1 Å². The summed E-state index contributed by atoms with van der Waals surface area (Å²) < 4.78 is 28.8. The summed E-state index contributed by atoms with van der Waals surface area (Å²) in [5.74, 6) is -0.762. The van der Waals surface area contributed by atoms with Crippen LogP contribution in [-0.4, -0.2) is 23.0 Å². The Morgan fingerprint density at radius 2 is 1.93 bits per heavy atom. The predicted octanol–water partition coefficient (Wildman–Crippen LogP) is 1.25. The highest BCUT2D eigenvalue weighted by Gasteiger charge is 2.53. The van der Waals surface area contributed by atoms with Gasteiger partial charge >= 0.3 is 0 Å². The Labute approximate surface area is 91.6 Å². The van der Waals surface area contributed by atoms with E-state index in [0.717, 1.165) is 0 Å². The molecule has 4 nitrogen and oxygen atoms in total. The number of rotatable bonds is 1. The van der Waals surface area contributed by atoms with Gasteiger partial charge in [0, 0.05) is 12.0 Å². The van der Waals surface area contributed by atoms with E-state index >= 15 is 0 Å². The summed E-state index contributed by atoms with van der Waals surface area (Å²) in [4.78, 5) is 11.7. The third kappa shape index (κ3) is 1.39. The van der Waals surface area contributed by atoms with Crippen LogP contribution in [-0.2, 0) is 16.5 Å². The van der Waals surface area contributed by atoms with Crippen LogP contribution in [0.5, 0.6) is 0 Å². The average Bonchev–Trinajstić information content (AvgIpc) is 2.40. The summed E-state index contributed by atoms with van der Waals surface area (Å²) in [6.07, 6.45) is -0.192. The Morgan fingerprint density at radius 3 is 2.47 bits per heavy atom. The lowest BCUT2D eigenvalue weighted by Crippen LogP contribution is -2.38. The smallest absolute Gasteiger partial charge is 0.291 e. The molecule has 0 amide bonds. The van der Waals surface area contributed by atoms with Gasteiger partial charge < -0.3 is 0 Å². The number of fused-ring (bicyclic) bond motifs is 1. The Morgan fingerprint density at radius 1 is 1.33 bits per heavy atom. The van der Waals surface area contributed by atoms with Gasteiger partial charge in [0.15, 0.2) is 0 Å². The second-order valence-electron chi connectivity index (χ2n) is 3.37. The van der Waals surface area contributed by atoms with E-state index in [1.165, 1.54) is 6.07 Å². The van der Waals surface area contributed by atoms with Gasteiger partial charge in [-0.25, -0.2) is 0 Å². The molecule has 1 aliphatic rings. The van der Waals surface area contributed by atoms with Crippen LogP contribution in [0.3, 0.4) is 0 Å². The maximum absolute atomic E-state index is 11.7. The third-order valence-corrected chi connectivity index (χ3v) is 4.47. The number of halogens is 1. The molecule has 6 heteroatoms. The van der Waals surface area contributed by atoms with Crippen LogP contribution in [0.1, 0.15) is 15.9 Å². The number of carbonyl (C=O) groups is 1. The molecule has 2 rings (SSSR count). The SMILES string of the molecule is O=C1c2ccccc2CC1(Cl)S(=O)(=O)O. The Balaban J connectivity index is 2.62. The van der Waals surface area contributed by atoms with E-state index in [4.69, 9.17) is 16.2 Å². The van der Waals surface area contributed by atoms with Gasteiger partial charge in [-0.15, -0.1) is 0 Å². The molecule has 0 heterocycles. The van der Waals surface area contributed by atoms with Crippen LogP contribution in [0.2, 0.25) is 0 Å². The lowest BCUT2D eigenvalue weighted by atomic mass is 10.1. The van der Waals surface area contributed by atoms with Crippen molar-refractivity contribution in [3.63, 3.8) is 0 Å². The van der Waals surface area contributed by atoms with Crippen molar-refractivity contribution < 1.29 is 17.8 Å². The van der Waals surface area contributed by atoms with Gasteiger partial charge in [-0.1, -0.05) is 35.9 Å². The van der Waals surface area contributed by atoms with Crippen molar-refractivity contribution >= 4 is 27.5 Å². The Bertz CT molecular complexity index is 537.